The summed E-state index contributed by atoms with van der Waals surface area (Å²) >= 11 is 0. The van der Waals surface area contributed by atoms with E-state index < -0.39 is 0 Å². The molecule has 2 atom stereocenters. The highest BCUT2D eigenvalue weighted by Gasteiger charge is 2.12. The van der Waals surface area contributed by atoms with Crippen LogP contribution in [0.5, 0.6) is 0 Å². The Morgan fingerprint density at radius 2 is 1.68 bits per heavy atom. The van der Waals surface area contributed by atoms with Crippen molar-refractivity contribution < 1.29 is 0 Å². The molecule has 0 spiro atoms. The summed E-state index contributed by atoms with van der Waals surface area (Å²) in [4.78, 5) is 2.44. The molecule has 2 unspecified atom stereocenters. The van der Waals surface area contributed by atoms with Crippen LogP contribution in [0.3, 0.4) is 0 Å². The fraction of sp³-hybridized carbons (Fsp3) is 0.647. The van der Waals surface area contributed by atoms with Crippen LogP contribution in [0, 0.1) is 5.92 Å². The highest BCUT2D eigenvalue weighted by Crippen LogP contribution is 2.10. The second-order valence-corrected chi connectivity index (χ2v) is 6.05. The zero-order chi connectivity index (χ0) is 14.3. The minimum Gasteiger partial charge on any atom is -0.327 e. The van der Waals surface area contributed by atoms with Crippen molar-refractivity contribution in [2.45, 2.75) is 52.1 Å². The summed E-state index contributed by atoms with van der Waals surface area (Å²) in [7, 11) is 2.21. The summed E-state index contributed by atoms with van der Waals surface area (Å²) in [6, 6.07) is 11.7. The van der Waals surface area contributed by atoms with Crippen molar-refractivity contribution in [3.05, 3.63) is 35.9 Å². The van der Waals surface area contributed by atoms with Crippen LogP contribution in [0.2, 0.25) is 0 Å². The zero-order valence-corrected chi connectivity index (χ0v) is 13.0. The Kier molecular flexibility index (Phi) is 7.11. The van der Waals surface area contributed by atoms with Gasteiger partial charge in [-0.25, -0.2) is 0 Å². The van der Waals surface area contributed by atoms with E-state index in [9.17, 15) is 0 Å². The summed E-state index contributed by atoms with van der Waals surface area (Å²) < 4.78 is 0. The van der Waals surface area contributed by atoms with E-state index in [1.807, 2.05) is 0 Å². The van der Waals surface area contributed by atoms with Crippen LogP contribution in [-0.4, -0.2) is 30.6 Å². The fourth-order valence-corrected chi connectivity index (χ4v) is 2.15. The molecule has 0 aliphatic heterocycles. The van der Waals surface area contributed by atoms with Gasteiger partial charge in [0, 0.05) is 12.1 Å². The first-order valence-electron chi connectivity index (χ1n) is 7.50. The lowest BCUT2D eigenvalue weighted by atomic mass is 10.0. The summed E-state index contributed by atoms with van der Waals surface area (Å²) in [6.07, 6.45) is 3.45. The summed E-state index contributed by atoms with van der Waals surface area (Å²) in [5, 5.41) is 0. The first-order valence-corrected chi connectivity index (χ1v) is 7.50. The van der Waals surface area contributed by atoms with Crippen molar-refractivity contribution in [2.75, 3.05) is 13.6 Å². The maximum absolute atomic E-state index is 6.10. The first-order chi connectivity index (χ1) is 9.00. The predicted octanol–water partition coefficient (Wildman–Crippen LogP) is 3.31. The molecule has 2 heteroatoms. The van der Waals surface area contributed by atoms with Crippen LogP contribution >= 0.6 is 0 Å². The van der Waals surface area contributed by atoms with Gasteiger partial charge in [0.1, 0.15) is 0 Å². The van der Waals surface area contributed by atoms with E-state index in [-0.39, 0.29) is 0 Å². The predicted molar refractivity (Wildman–Crippen MR) is 84.3 cm³/mol. The molecule has 2 N–H and O–H groups in total. The molecule has 0 saturated carbocycles. The second kappa shape index (κ2) is 8.34. The van der Waals surface area contributed by atoms with Gasteiger partial charge in [0.2, 0.25) is 0 Å². The molecule has 1 rings (SSSR count). The topological polar surface area (TPSA) is 29.3 Å². The maximum atomic E-state index is 6.10. The number of nitrogens with two attached hydrogens (primary N) is 1. The minimum atomic E-state index is 0.323. The van der Waals surface area contributed by atoms with Gasteiger partial charge in [0.05, 0.1) is 0 Å². The molecule has 0 heterocycles. The van der Waals surface area contributed by atoms with Crippen molar-refractivity contribution in [2.24, 2.45) is 11.7 Å². The lowest BCUT2D eigenvalue weighted by Crippen LogP contribution is -2.36. The maximum Gasteiger partial charge on any atom is 0.00740 e. The van der Waals surface area contributed by atoms with E-state index in [4.69, 9.17) is 5.73 Å². The third kappa shape index (κ3) is 6.22. The van der Waals surface area contributed by atoms with Gasteiger partial charge in [-0.05, 0) is 51.3 Å². The number of rotatable bonds is 8. The Hall–Kier alpha value is -0.860. The molecule has 1 aromatic carbocycles. The molecule has 2 nitrogen and oxygen atoms in total. The van der Waals surface area contributed by atoms with E-state index >= 15 is 0 Å². The van der Waals surface area contributed by atoms with Crippen LogP contribution in [0.1, 0.15) is 39.2 Å². The van der Waals surface area contributed by atoms with Crippen molar-refractivity contribution in [1.29, 1.82) is 0 Å². The smallest absolute Gasteiger partial charge is 0.00740 e. The lowest BCUT2D eigenvalue weighted by molar-refractivity contribution is 0.231. The summed E-state index contributed by atoms with van der Waals surface area (Å²) in [5.74, 6) is 0.577. The van der Waals surface area contributed by atoms with E-state index in [0.29, 0.717) is 18.0 Å². The quantitative estimate of drug-likeness (QED) is 0.779. The molecule has 0 aliphatic carbocycles. The minimum absolute atomic E-state index is 0.323. The Balaban J connectivity index is 2.27. The third-order valence-corrected chi connectivity index (χ3v) is 4.12. The molecule has 0 amide bonds. The molecule has 0 bridgehead atoms. The molecule has 0 fully saturated rings. The Labute approximate surface area is 119 Å². The largest absolute Gasteiger partial charge is 0.327 e. The standard InChI is InChI=1S/C17H30N2/c1-14(2)17(18)12-13-19(4)15(3)10-11-16-8-6-5-7-9-16/h5-9,14-15,17H,10-13,18H2,1-4H3. The Morgan fingerprint density at radius 3 is 2.26 bits per heavy atom. The molecule has 0 saturated heterocycles. The molecule has 0 aromatic heterocycles. The van der Waals surface area contributed by atoms with Gasteiger partial charge in [-0.15, -0.1) is 0 Å². The van der Waals surface area contributed by atoms with Crippen LogP contribution in [-0.2, 0) is 6.42 Å². The van der Waals surface area contributed by atoms with Crippen LogP contribution in [0.4, 0.5) is 0 Å². The number of hydrogen-bond donors (Lipinski definition) is 1. The van der Waals surface area contributed by atoms with Crippen molar-refractivity contribution >= 4 is 0 Å². The number of aryl methyl sites for hydroxylation is 1. The number of benzene rings is 1. The normalized spacial score (nSPS) is 14.9. The van der Waals surface area contributed by atoms with E-state index in [1.54, 1.807) is 0 Å². The molecular formula is C17H30N2. The SMILES string of the molecule is CC(C)C(N)CCN(C)C(C)CCc1ccccc1. The highest BCUT2D eigenvalue weighted by atomic mass is 15.1. The lowest BCUT2D eigenvalue weighted by Gasteiger charge is -2.27. The summed E-state index contributed by atoms with van der Waals surface area (Å²) in [5.41, 5.74) is 7.54. The van der Waals surface area contributed by atoms with E-state index in [2.05, 4.69) is 63.1 Å². The molecule has 108 valence electrons. The van der Waals surface area contributed by atoms with Gasteiger partial charge in [-0.1, -0.05) is 44.2 Å². The molecule has 1 aromatic rings. The Bertz CT molecular complexity index is 334. The molecule has 0 radical (unpaired) electrons. The summed E-state index contributed by atoms with van der Waals surface area (Å²) in [6.45, 7) is 7.80. The fourth-order valence-electron chi connectivity index (χ4n) is 2.15. The van der Waals surface area contributed by atoms with Crippen molar-refractivity contribution in [3.63, 3.8) is 0 Å². The number of hydrogen-bond acceptors (Lipinski definition) is 2. The van der Waals surface area contributed by atoms with Gasteiger partial charge in [-0.3, -0.25) is 0 Å². The Morgan fingerprint density at radius 1 is 1.05 bits per heavy atom. The second-order valence-electron chi connectivity index (χ2n) is 6.05. The van der Waals surface area contributed by atoms with Crippen molar-refractivity contribution in [1.82, 2.24) is 4.90 Å². The van der Waals surface area contributed by atoms with Gasteiger partial charge in [-0.2, -0.15) is 0 Å². The van der Waals surface area contributed by atoms with Crippen LogP contribution in [0.25, 0.3) is 0 Å². The average molecular weight is 262 g/mol. The number of nitrogens with zero attached hydrogens (tertiary/aromatic N) is 1. The van der Waals surface area contributed by atoms with E-state index in [1.165, 1.54) is 12.0 Å². The van der Waals surface area contributed by atoms with Crippen LogP contribution < -0.4 is 5.73 Å². The molecule has 0 aliphatic rings. The monoisotopic (exact) mass is 262 g/mol. The van der Waals surface area contributed by atoms with E-state index in [0.717, 1.165) is 19.4 Å². The van der Waals surface area contributed by atoms with Crippen molar-refractivity contribution in [3.8, 4) is 0 Å². The average Bonchev–Trinajstić information content (AvgIpc) is 2.42. The zero-order valence-electron chi connectivity index (χ0n) is 13.0. The van der Waals surface area contributed by atoms with Crippen LogP contribution in [0.15, 0.2) is 30.3 Å². The van der Waals surface area contributed by atoms with Gasteiger partial charge < -0.3 is 10.6 Å². The molecule has 19 heavy (non-hydrogen) atoms. The van der Waals surface area contributed by atoms with Gasteiger partial charge >= 0.3 is 0 Å². The highest BCUT2D eigenvalue weighted by molar-refractivity contribution is 5.14. The third-order valence-electron chi connectivity index (χ3n) is 4.12. The van der Waals surface area contributed by atoms with Gasteiger partial charge in [0.15, 0.2) is 0 Å². The first kappa shape index (κ1) is 16.2. The van der Waals surface area contributed by atoms with Gasteiger partial charge in [0.25, 0.3) is 0 Å². The molecular weight excluding hydrogens is 232 g/mol.